The molecule has 21 heavy (non-hydrogen) atoms. The molecule has 1 aromatic carbocycles. The van der Waals surface area contributed by atoms with Crippen molar-refractivity contribution in [3.63, 3.8) is 0 Å². The lowest BCUT2D eigenvalue weighted by Crippen LogP contribution is -2.42. The molecule has 0 saturated heterocycles. The van der Waals surface area contributed by atoms with Crippen LogP contribution in [0.2, 0.25) is 0 Å². The van der Waals surface area contributed by atoms with Gasteiger partial charge in [-0.1, -0.05) is 39.3 Å². The molecular weight excluding hydrogens is 258 g/mol. The number of benzene rings is 1. The molecule has 0 heterocycles. The molecule has 118 valence electrons. The van der Waals surface area contributed by atoms with Crippen LogP contribution in [0.15, 0.2) is 24.3 Å². The van der Waals surface area contributed by atoms with Gasteiger partial charge < -0.3 is 10.1 Å². The van der Waals surface area contributed by atoms with E-state index in [1.165, 1.54) is 24.8 Å². The van der Waals surface area contributed by atoms with E-state index in [1.807, 2.05) is 6.92 Å². The summed E-state index contributed by atoms with van der Waals surface area (Å²) in [5.74, 6) is 3.42. The van der Waals surface area contributed by atoms with Gasteiger partial charge in [0.1, 0.15) is 5.75 Å². The maximum absolute atomic E-state index is 5.50. The van der Waals surface area contributed by atoms with Gasteiger partial charge in [-0.3, -0.25) is 0 Å². The number of rotatable bonds is 6. The third-order valence-corrected chi connectivity index (χ3v) is 4.82. The van der Waals surface area contributed by atoms with Gasteiger partial charge in [0.2, 0.25) is 0 Å². The van der Waals surface area contributed by atoms with Crippen molar-refractivity contribution in [3.8, 4) is 5.75 Å². The minimum atomic E-state index is 0.667. The Morgan fingerprint density at radius 3 is 2.52 bits per heavy atom. The van der Waals surface area contributed by atoms with Crippen LogP contribution in [0.5, 0.6) is 5.75 Å². The van der Waals surface area contributed by atoms with Crippen molar-refractivity contribution in [2.24, 2.45) is 17.8 Å². The first-order chi connectivity index (χ1) is 10.1. The average molecular weight is 289 g/mol. The number of nitrogens with one attached hydrogen (secondary N) is 1. The second kappa shape index (κ2) is 7.84. The topological polar surface area (TPSA) is 21.3 Å². The normalized spacial score (nSPS) is 26.0. The average Bonchev–Trinajstić information content (AvgIpc) is 2.46. The van der Waals surface area contributed by atoms with Gasteiger partial charge in [-0.05, 0) is 55.2 Å². The molecule has 0 bridgehead atoms. The van der Waals surface area contributed by atoms with Gasteiger partial charge in [-0.15, -0.1) is 0 Å². The molecule has 3 unspecified atom stereocenters. The summed E-state index contributed by atoms with van der Waals surface area (Å²) in [6.07, 6.45) is 4.09. The highest BCUT2D eigenvalue weighted by molar-refractivity contribution is 5.27. The van der Waals surface area contributed by atoms with Crippen molar-refractivity contribution in [1.82, 2.24) is 5.32 Å². The summed E-state index contributed by atoms with van der Waals surface area (Å²) in [7, 11) is 0. The molecular formula is C19H31NO. The zero-order valence-corrected chi connectivity index (χ0v) is 14.1. The second-order valence-electron chi connectivity index (χ2n) is 6.89. The fourth-order valence-corrected chi connectivity index (χ4v) is 3.56. The van der Waals surface area contributed by atoms with E-state index in [1.54, 1.807) is 0 Å². The molecule has 0 aliphatic heterocycles. The highest BCUT2D eigenvalue weighted by atomic mass is 16.5. The standard InChI is InChI=1S/C19H31NO/c1-5-21-17-9-7-16(8-10-17)13-20-19-12-15(4)6-11-18(19)14(2)3/h7-10,14-15,18-20H,5-6,11-13H2,1-4H3. The molecule has 1 fully saturated rings. The summed E-state index contributed by atoms with van der Waals surface area (Å²) >= 11 is 0. The highest BCUT2D eigenvalue weighted by Crippen LogP contribution is 2.33. The summed E-state index contributed by atoms with van der Waals surface area (Å²) in [4.78, 5) is 0. The molecule has 1 aliphatic carbocycles. The van der Waals surface area contributed by atoms with Gasteiger partial charge in [0.05, 0.1) is 6.61 Å². The van der Waals surface area contributed by atoms with E-state index < -0.39 is 0 Å². The molecule has 2 nitrogen and oxygen atoms in total. The molecule has 0 radical (unpaired) electrons. The van der Waals surface area contributed by atoms with Crippen molar-refractivity contribution in [1.29, 1.82) is 0 Å². The lowest BCUT2D eigenvalue weighted by molar-refractivity contribution is 0.169. The van der Waals surface area contributed by atoms with E-state index in [9.17, 15) is 0 Å². The fraction of sp³-hybridized carbons (Fsp3) is 0.684. The summed E-state index contributed by atoms with van der Waals surface area (Å²) in [6.45, 7) is 10.8. The molecule has 2 heteroatoms. The Hall–Kier alpha value is -1.02. The number of ether oxygens (including phenoxy) is 1. The maximum Gasteiger partial charge on any atom is 0.119 e. The van der Waals surface area contributed by atoms with Crippen LogP contribution in [0.1, 0.15) is 52.5 Å². The Balaban J connectivity index is 1.90. The second-order valence-corrected chi connectivity index (χ2v) is 6.89. The lowest BCUT2D eigenvalue weighted by Gasteiger charge is -2.38. The molecule has 1 saturated carbocycles. The van der Waals surface area contributed by atoms with Crippen LogP contribution in [0.25, 0.3) is 0 Å². The minimum Gasteiger partial charge on any atom is -0.494 e. The van der Waals surface area contributed by atoms with Gasteiger partial charge in [0, 0.05) is 12.6 Å². The van der Waals surface area contributed by atoms with Gasteiger partial charge in [-0.2, -0.15) is 0 Å². The van der Waals surface area contributed by atoms with Crippen LogP contribution in [0.3, 0.4) is 0 Å². The predicted octanol–water partition coefficient (Wildman–Crippen LogP) is 4.64. The van der Waals surface area contributed by atoms with Crippen molar-refractivity contribution >= 4 is 0 Å². The predicted molar refractivity (Wildman–Crippen MR) is 89.6 cm³/mol. The number of hydrogen-bond acceptors (Lipinski definition) is 2. The SMILES string of the molecule is CCOc1ccc(CNC2CC(C)CCC2C(C)C)cc1. The summed E-state index contributed by atoms with van der Waals surface area (Å²) in [6, 6.07) is 9.16. The van der Waals surface area contributed by atoms with Crippen LogP contribution in [-0.2, 0) is 6.54 Å². The van der Waals surface area contributed by atoms with Crippen LogP contribution in [-0.4, -0.2) is 12.6 Å². The van der Waals surface area contributed by atoms with Crippen LogP contribution < -0.4 is 10.1 Å². The van der Waals surface area contributed by atoms with Crippen molar-refractivity contribution in [2.45, 2.75) is 59.5 Å². The molecule has 0 aromatic heterocycles. The molecule has 1 aliphatic rings. The first-order valence-corrected chi connectivity index (χ1v) is 8.55. The van der Waals surface area contributed by atoms with Crippen molar-refractivity contribution in [3.05, 3.63) is 29.8 Å². The van der Waals surface area contributed by atoms with Gasteiger partial charge >= 0.3 is 0 Å². The van der Waals surface area contributed by atoms with E-state index in [2.05, 4.69) is 50.4 Å². The first kappa shape index (κ1) is 16.4. The van der Waals surface area contributed by atoms with Crippen molar-refractivity contribution in [2.75, 3.05) is 6.61 Å². The number of hydrogen-bond donors (Lipinski definition) is 1. The largest absolute Gasteiger partial charge is 0.494 e. The summed E-state index contributed by atoms with van der Waals surface area (Å²) in [5.41, 5.74) is 1.35. The zero-order chi connectivity index (χ0) is 15.2. The maximum atomic E-state index is 5.50. The van der Waals surface area contributed by atoms with E-state index in [0.717, 1.165) is 36.7 Å². The lowest BCUT2D eigenvalue weighted by atomic mass is 9.74. The first-order valence-electron chi connectivity index (χ1n) is 8.55. The zero-order valence-electron chi connectivity index (χ0n) is 14.1. The third kappa shape index (κ3) is 4.74. The summed E-state index contributed by atoms with van der Waals surface area (Å²) in [5, 5.41) is 3.81. The Morgan fingerprint density at radius 2 is 1.90 bits per heavy atom. The summed E-state index contributed by atoms with van der Waals surface area (Å²) < 4.78 is 5.50. The van der Waals surface area contributed by atoms with Crippen LogP contribution in [0, 0.1) is 17.8 Å². The van der Waals surface area contributed by atoms with Crippen LogP contribution >= 0.6 is 0 Å². The van der Waals surface area contributed by atoms with E-state index in [4.69, 9.17) is 4.74 Å². The molecule has 1 N–H and O–H groups in total. The van der Waals surface area contributed by atoms with E-state index in [0.29, 0.717) is 6.04 Å². The van der Waals surface area contributed by atoms with Crippen molar-refractivity contribution < 1.29 is 4.74 Å². The van der Waals surface area contributed by atoms with Gasteiger partial charge in [-0.25, -0.2) is 0 Å². The Bertz CT molecular complexity index is 412. The Labute approximate surface area is 130 Å². The Morgan fingerprint density at radius 1 is 1.19 bits per heavy atom. The minimum absolute atomic E-state index is 0.667. The molecule has 1 aromatic rings. The fourth-order valence-electron chi connectivity index (χ4n) is 3.56. The quantitative estimate of drug-likeness (QED) is 0.824. The van der Waals surface area contributed by atoms with E-state index >= 15 is 0 Å². The van der Waals surface area contributed by atoms with E-state index in [-0.39, 0.29) is 0 Å². The Kier molecular flexibility index (Phi) is 6.10. The molecule has 0 spiro atoms. The van der Waals surface area contributed by atoms with Gasteiger partial charge in [0.15, 0.2) is 0 Å². The highest BCUT2D eigenvalue weighted by Gasteiger charge is 2.30. The smallest absolute Gasteiger partial charge is 0.119 e. The molecule has 2 rings (SSSR count). The monoisotopic (exact) mass is 289 g/mol. The van der Waals surface area contributed by atoms with Crippen LogP contribution in [0.4, 0.5) is 0 Å². The third-order valence-electron chi connectivity index (χ3n) is 4.82. The molecule has 3 atom stereocenters. The van der Waals surface area contributed by atoms with Gasteiger partial charge in [0.25, 0.3) is 0 Å². The molecule has 0 amide bonds.